The molecular formula is C17H32N4O. The van der Waals surface area contributed by atoms with Crippen molar-refractivity contribution in [1.29, 1.82) is 0 Å². The van der Waals surface area contributed by atoms with Crippen LogP contribution in [0.2, 0.25) is 0 Å². The van der Waals surface area contributed by atoms with Gasteiger partial charge in [0, 0.05) is 25.6 Å². The lowest BCUT2D eigenvalue weighted by molar-refractivity contribution is -0.123. The predicted molar refractivity (Wildman–Crippen MR) is 88.5 cm³/mol. The third-order valence-electron chi connectivity index (χ3n) is 5.79. The monoisotopic (exact) mass is 308 g/mol. The molecule has 3 fully saturated rings. The van der Waals surface area contributed by atoms with E-state index in [2.05, 4.69) is 15.1 Å². The van der Waals surface area contributed by atoms with Gasteiger partial charge in [0.25, 0.3) is 0 Å². The van der Waals surface area contributed by atoms with Crippen LogP contribution in [0.1, 0.15) is 32.1 Å². The van der Waals surface area contributed by atoms with E-state index in [4.69, 9.17) is 5.73 Å². The summed E-state index contributed by atoms with van der Waals surface area (Å²) in [4.78, 5) is 16.5. The lowest BCUT2D eigenvalue weighted by Gasteiger charge is -2.32. The summed E-state index contributed by atoms with van der Waals surface area (Å²) in [6.07, 6.45) is 6.00. The Bertz CT molecular complexity index is 362. The molecule has 0 radical (unpaired) electrons. The molecule has 3 rings (SSSR count). The molecule has 5 nitrogen and oxygen atoms in total. The van der Waals surface area contributed by atoms with Crippen molar-refractivity contribution in [2.75, 3.05) is 52.4 Å². The number of primary amides is 1. The summed E-state index contributed by atoms with van der Waals surface area (Å²) in [6, 6.07) is 0. The molecule has 0 aromatic rings. The first-order chi connectivity index (χ1) is 10.7. The van der Waals surface area contributed by atoms with Gasteiger partial charge in [-0.05, 0) is 76.7 Å². The second-order valence-corrected chi connectivity index (χ2v) is 7.60. The maximum atomic E-state index is 11.2. The van der Waals surface area contributed by atoms with Gasteiger partial charge in [-0.1, -0.05) is 0 Å². The van der Waals surface area contributed by atoms with Crippen molar-refractivity contribution in [2.24, 2.45) is 23.5 Å². The SMILES string of the molecule is NC(=O)C1CCN(C[C@H]2CCN(C[C@H]3CCCNC3)C2)CC1. The van der Waals surface area contributed by atoms with E-state index >= 15 is 0 Å². The molecule has 0 unspecified atom stereocenters. The summed E-state index contributed by atoms with van der Waals surface area (Å²) in [5, 5.41) is 3.53. The maximum Gasteiger partial charge on any atom is 0.220 e. The number of likely N-dealkylation sites (tertiary alicyclic amines) is 2. The quantitative estimate of drug-likeness (QED) is 0.777. The van der Waals surface area contributed by atoms with Crippen LogP contribution in [0, 0.1) is 17.8 Å². The summed E-state index contributed by atoms with van der Waals surface area (Å²) in [6.45, 7) is 9.57. The molecule has 3 heterocycles. The molecule has 3 aliphatic heterocycles. The van der Waals surface area contributed by atoms with E-state index in [0.717, 1.165) is 37.8 Å². The largest absolute Gasteiger partial charge is 0.369 e. The van der Waals surface area contributed by atoms with E-state index in [1.54, 1.807) is 0 Å². The fraction of sp³-hybridized carbons (Fsp3) is 0.941. The normalized spacial score (nSPS) is 32.4. The zero-order valence-electron chi connectivity index (χ0n) is 13.8. The Kier molecular flexibility index (Phi) is 5.71. The molecule has 0 spiro atoms. The van der Waals surface area contributed by atoms with Crippen molar-refractivity contribution in [3.05, 3.63) is 0 Å². The number of amides is 1. The van der Waals surface area contributed by atoms with Crippen molar-refractivity contribution in [3.8, 4) is 0 Å². The van der Waals surface area contributed by atoms with Crippen LogP contribution in [0.3, 0.4) is 0 Å². The van der Waals surface area contributed by atoms with Gasteiger partial charge in [0.15, 0.2) is 0 Å². The minimum absolute atomic E-state index is 0.104. The molecule has 22 heavy (non-hydrogen) atoms. The Hall–Kier alpha value is -0.650. The van der Waals surface area contributed by atoms with E-state index < -0.39 is 0 Å². The first-order valence-electron chi connectivity index (χ1n) is 9.15. The molecule has 3 saturated heterocycles. The van der Waals surface area contributed by atoms with Gasteiger partial charge in [-0.3, -0.25) is 4.79 Å². The van der Waals surface area contributed by atoms with Crippen LogP contribution < -0.4 is 11.1 Å². The number of nitrogens with zero attached hydrogens (tertiary/aromatic N) is 2. The van der Waals surface area contributed by atoms with Crippen LogP contribution in [0.15, 0.2) is 0 Å². The number of nitrogens with one attached hydrogen (secondary N) is 1. The van der Waals surface area contributed by atoms with Crippen molar-refractivity contribution in [1.82, 2.24) is 15.1 Å². The Morgan fingerprint density at radius 1 is 1.00 bits per heavy atom. The lowest BCUT2D eigenvalue weighted by atomic mass is 9.95. The predicted octanol–water partition coefficient (Wildman–Crippen LogP) is 0.505. The maximum absolute atomic E-state index is 11.2. The molecule has 126 valence electrons. The average Bonchev–Trinajstić information content (AvgIpc) is 2.96. The second kappa shape index (κ2) is 7.75. The molecule has 0 aliphatic carbocycles. The van der Waals surface area contributed by atoms with E-state index in [1.165, 1.54) is 58.5 Å². The first kappa shape index (κ1) is 16.2. The van der Waals surface area contributed by atoms with E-state index in [9.17, 15) is 4.79 Å². The van der Waals surface area contributed by atoms with Crippen LogP contribution in [0.5, 0.6) is 0 Å². The van der Waals surface area contributed by atoms with E-state index in [1.807, 2.05) is 0 Å². The van der Waals surface area contributed by atoms with Crippen molar-refractivity contribution >= 4 is 5.91 Å². The van der Waals surface area contributed by atoms with Crippen molar-refractivity contribution in [2.45, 2.75) is 32.1 Å². The number of carbonyl (C=O) groups is 1. The molecule has 0 aromatic heterocycles. The molecular weight excluding hydrogens is 276 g/mol. The number of hydrogen-bond donors (Lipinski definition) is 2. The standard InChI is InChI=1S/C17H32N4O/c18-17(22)16-4-8-20(9-5-16)12-15-3-7-21(13-15)11-14-2-1-6-19-10-14/h14-16,19H,1-13H2,(H2,18,22)/t14-,15+/m0/s1. The van der Waals surface area contributed by atoms with Gasteiger partial charge in [-0.15, -0.1) is 0 Å². The second-order valence-electron chi connectivity index (χ2n) is 7.60. The minimum atomic E-state index is -0.104. The average molecular weight is 308 g/mol. The van der Waals surface area contributed by atoms with Crippen LogP contribution in [-0.2, 0) is 4.79 Å². The Morgan fingerprint density at radius 2 is 1.73 bits per heavy atom. The Balaban J connectivity index is 1.35. The number of piperidine rings is 2. The molecule has 1 amide bonds. The third kappa shape index (κ3) is 4.43. The summed E-state index contributed by atoms with van der Waals surface area (Å²) in [5.74, 6) is 1.70. The fourth-order valence-electron chi connectivity index (χ4n) is 4.44. The lowest BCUT2D eigenvalue weighted by Crippen LogP contribution is -2.41. The molecule has 3 N–H and O–H groups in total. The van der Waals surface area contributed by atoms with Crippen LogP contribution >= 0.6 is 0 Å². The van der Waals surface area contributed by atoms with Crippen LogP contribution in [0.25, 0.3) is 0 Å². The summed E-state index contributed by atoms with van der Waals surface area (Å²) in [7, 11) is 0. The van der Waals surface area contributed by atoms with Crippen molar-refractivity contribution < 1.29 is 4.79 Å². The highest BCUT2D eigenvalue weighted by Crippen LogP contribution is 2.23. The van der Waals surface area contributed by atoms with Crippen LogP contribution in [0.4, 0.5) is 0 Å². The molecule has 3 aliphatic rings. The van der Waals surface area contributed by atoms with Gasteiger partial charge in [-0.2, -0.15) is 0 Å². The number of hydrogen-bond acceptors (Lipinski definition) is 4. The Labute approximate surface area is 134 Å². The summed E-state index contributed by atoms with van der Waals surface area (Å²) < 4.78 is 0. The Morgan fingerprint density at radius 3 is 2.41 bits per heavy atom. The van der Waals surface area contributed by atoms with Gasteiger partial charge >= 0.3 is 0 Å². The summed E-state index contributed by atoms with van der Waals surface area (Å²) in [5.41, 5.74) is 5.41. The summed E-state index contributed by atoms with van der Waals surface area (Å²) >= 11 is 0. The number of rotatable bonds is 5. The topological polar surface area (TPSA) is 61.6 Å². The fourth-order valence-corrected chi connectivity index (χ4v) is 4.44. The van der Waals surface area contributed by atoms with E-state index in [-0.39, 0.29) is 11.8 Å². The zero-order valence-corrected chi connectivity index (χ0v) is 13.8. The van der Waals surface area contributed by atoms with Gasteiger partial charge in [-0.25, -0.2) is 0 Å². The van der Waals surface area contributed by atoms with Crippen LogP contribution in [-0.4, -0.2) is 68.1 Å². The minimum Gasteiger partial charge on any atom is -0.369 e. The first-order valence-corrected chi connectivity index (χ1v) is 9.15. The zero-order chi connectivity index (χ0) is 15.4. The van der Waals surface area contributed by atoms with Gasteiger partial charge in [0.1, 0.15) is 0 Å². The molecule has 0 aromatic carbocycles. The molecule has 0 saturated carbocycles. The van der Waals surface area contributed by atoms with Gasteiger partial charge < -0.3 is 20.9 Å². The van der Waals surface area contributed by atoms with Gasteiger partial charge in [0.05, 0.1) is 0 Å². The van der Waals surface area contributed by atoms with Gasteiger partial charge in [0.2, 0.25) is 5.91 Å². The number of nitrogens with two attached hydrogens (primary N) is 1. The number of carbonyl (C=O) groups excluding carboxylic acids is 1. The molecule has 0 bridgehead atoms. The molecule has 5 heteroatoms. The smallest absolute Gasteiger partial charge is 0.220 e. The highest BCUT2D eigenvalue weighted by atomic mass is 16.1. The van der Waals surface area contributed by atoms with E-state index in [0.29, 0.717) is 0 Å². The molecule has 2 atom stereocenters. The third-order valence-corrected chi connectivity index (χ3v) is 5.79. The highest BCUT2D eigenvalue weighted by Gasteiger charge is 2.29. The highest BCUT2D eigenvalue weighted by molar-refractivity contribution is 5.76. The van der Waals surface area contributed by atoms with Crippen molar-refractivity contribution in [3.63, 3.8) is 0 Å².